The molecule has 0 amide bonds. The van der Waals surface area contributed by atoms with Gasteiger partial charge >= 0.3 is 5.97 Å². The van der Waals surface area contributed by atoms with Crippen LogP contribution < -0.4 is 0 Å². The van der Waals surface area contributed by atoms with Crippen LogP contribution in [0.5, 0.6) is 0 Å². The van der Waals surface area contributed by atoms with Crippen molar-refractivity contribution >= 4 is 17.7 Å². The largest absolute Gasteiger partial charge is 0.481 e. The highest BCUT2D eigenvalue weighted by Crippen LogP contribution is 2.35. The van der Waals surface area contributed by atoms with Crippen molar-refractivity contribution in [1.29, 1.82) is 0 Å². The fourth-order valence-corrected chi connectivity index (χ4v) is 3.54. The zero-order valence-electron chi connectivity index (χ0n) is 11.7. The lowest BCUT2D eigenvalue weighted by molar-refractivity contribution is -0.133. The summed E-state index contributed by atoms with van der Waals surface area (Å²) in [4.78, 5) is 10.8. The molecule has 1 heterocycles. The third kappa shape index (κ3) is 3.29. The summed E-state index contributed by atoms with van der Waals surface area (Å²) in [5.74, 6) is -0.217. The molecule has 0 aliphatic heterocycles. The van der Waals surface area contributed by atoms with Crippen LogP contribution in [0, 0.1) is 0 Å². The second kappa shape index (κ2) is 6.35. The molecule has 0 radical (unpaired) electrons. The molecule has 0 atom stereocenters. The zero-order valence-corrected chi connectivity index (χ0v) is 12.6. The SMILES string of the molecule is O=C(O)CSc1cc(C2CCCC2)nn1-c1ccccc1. The van der Waals surface area contributed by atoms with Gasteiger partial charge in [-0.1, -0.05) is 42.8 Å². The number of rotatable bonds is 5. The minimum atomic E-state index is -0.803. The second-order valence-corrected chi connectivity index (χ2v) is 6.31. The van der Waals surface area contributed by atoms with E-state index in [0.29, 0.717) is 5.92 Å². The lowest BCUT2D eigenvalue weighted by Gasteiger charge is -2.06. The van der Waals surface area contributed by atoms with Gasteiger partial charge in [-0.25, -0.2) is 4.68 Å². The summed E-state index contributed by atoms with van der Waals surface area (Å²) in [6, 6.07) is 12.0. The van der Waals surface area contributed by atoms with E-state index in [9.17, 15) is 4.79 Å². The van der Waals surface area contributed by atoms with E-state index in [1.807, 2.05) is 35.0 Å². The number of thioether (sulfide) groups is 1. The minimum absolute atomic E-state index is 0.0582. The Balaban J connectivity index is 1.93. The van der Waals surface area contributed by atoms with Gasteiger partial charge in [0.15, 0.2) is 0 Å². The van der Waals surface area contributed by atoms with E-state index < -0.39 is 5.97 Å². The van der Waals surface area contributed by atoms with Crippen LogP contribution in [-0.4, -0.2) is 26.6 Å². The van der Waals surface area contributed by atoms with Gasteiger partial charge in [-0.3, -0.25) is 4.79 Å². The van der Waals surface area contributed by atoms with Crippen LogP contribution in [0.4, 0.5) is 0 Å². The van der Waals surface area contributed by atoms with Crippen molar-refractivity contribution in [3.05, 3.63) is 42.1 Å². The number of benzene rings is 1. The quantitative estimate of drug-likeness (QED) is 0.856. The van der Waals surface area contributed by atoms with Gasteiger partial charge in [-0.05, 0) is 31.0 Å². The Morgan fingerprint density at radius 2 is 2.00 bits per heavy atom. The smallest absolute Gasteiger partial charge is 0.313 e. The van der Waals surface area contributed by atoms with E-state index in [4.69, 9.17) is 10.2 Å². The topological polar surface area (TPSA) is 55.1 Å². The molecule has 1 aliphatic rings. The Labute approximate surface area is 128 Å². The monoisotopic (exact) mass is 302 g/mol. The second-order valence-electron chi connectivity index (χ2n) is 5.32. The molecule has 110 valence electrons. The van der Waals surface area contributed by atoms with Crippen molar-refractivity contribution in [3.63, 3.8) is 0 Å². The van der Waals surface area contributed by atoms with Gasteiger partial charge in [0.1, 0.15) is 5.03 Å². The fourth-order valence-electron chi connectivity index (χ4n) is 2.80. The minimum Gasteiger partial charge on any atom is -0.481 e. The molecule has 0 bridgehead atoms. The lowest BCUT2D eigenvalue weighted by atomic mass is 10.1. The van der Waals surface area contributed by atoms with Gasteiger partial charge in [-0.15, -0.1) is 0 Å². The van der Waals surface area contributed by atoms with Crippen LogP contribution in [0.15, 0.2) is 41.4 Å². The normalized spacial score (nSPS) is 15.4. The maximum atomic E-state index is 10.8. The average molecular weight is 302 g/mol. The summed E-state index contributed by atoms with van der Waals surface area (Å²) >= 11 is 1.33. The number of aliphatic carboxylic acids is 1. The molecule has 0 spiro atoms. The lowest BCUT2D eigenvalue weighted by Crippen LogP contribution is -2.02. The summed E-state index contributed by atoms with van der Waals surface area (Å²) in [5.41, 5.74) is 2.08. The first-order valence-electron chi connectivity index (χ1n) is 7.24. The van der Waals surface area contributed by atoms with Crippen molar-refractivity contribution in [2.45, 2.75) is 36.6 Å². The Morgan fingerprint density at radius 1 is 1.29 bits per heavy atom. The predicted octanol–water partition coefficient (Wildman–Crippen LogP) is 3.71. The Morgan fingerprint density at radius 3 is 2.67 bits per heavy atom. The van der Waals surface area contributed by atoms with E-state index in [-0.39, 0.29) is 5.75 Å². The number of carboxylic acids is 1. The first-order valence-corrected chi connectivity index (χ1v) is 8.22. The molecular formula is C16H18N2O2S. The summed E-state index contributed by atoms with van der Waals surface area (Å²) in [7, 11) is 0. The highest BCUT2D eigenvalue weighted by molar-refractivity contribution is 7.99. The summed E-state index contributed by atoms with van der Waals surface area (Å²) < 4.78 is 1.88. The number of hydrogen-bond donors (Lipinski definition) is 1. The van der Waals surface area contributed by atoms with E-state index in [2.05, 4.69) is 6.07 Å². The maximum absolute atomic E-state index is 10.8. The molecule has 1 fully saturated rings. The molecule has 1 N–H and O–H groups in total. The summed E-state index contributed by atoms with van der Waals surface area (Å²) in [6.45, 7) is 0. The summed E-state index contributed by atoms with van der Waals surface area (Å²) in [6.07, 6.45) is 4.91. The number of aromatic nitrogens is 2. The van der Waals surface area contributed by atoms with Crippen LogP contribution in [0.1, 0.15) is 37.3 Å². The molecule has 1 aromatic heterocycles. The van der Waals surface area contributed by atoms with Crippen molar-refractivity contribution in [2.75, 3.05) is 5.75 Å². The number of carbonyl (C=O) groups is 1. The van der Waals surface area contributed by atoms with Crippen LogP contribution in [0.2, 0.25) is 0 Å². The Hall–Kier alpha value is -1.75. The van der Waals surface area contributed by atoms with E-state index >= 15 is 0 Å². The highest BCUT2D eigenvalue weighted by Gasteiger charge is 2.22. The molecule has 0 unspecified atom stereocenters. The molecule has 5 heteroatoms. The standard InChI is InChI=1S/C16H18N2O2S/c19-16(20)11-21-15-10-14(12-6-4-5-7-12)17-18(15)13-8-2-1-3-9-13/h1-3,8-10,12H,4-7,11H2,(H,19,20). The third-order valence-corrected chi connectivity index (χ3v) is 4.79. The molecule has 1 aromatic carbocycles. The van der Waals surface area contributed by atoms with Crippen molar-refractivity contribution < 1.29 is 9.90 Å². The maximum Gasteiger partial charge on any atom is 0.313 e. The van der Waals surface area contributed by atoms with Crippen LogP contribution >= 0.6 is 11.8 Å². The van der Waals surface area contributed by atoms with E-state index in [1.54, 1.807) is 0 Å². The molecule has 0 saturated heterocycles. The first-order chi connectivity index (χ1) is 10.2. The van der Waals surface area contributed by atoms with E-state index in [1.165, 1.54) is 37.4 Å². The van der Waals surface area contributed by atoms with Gasteiger partial charge in [0.05, 0.1) is 17.1 Å². The summed E-state index contributed by atoms with van der Waals surface area (Å²) in [5, 5.41) is 14.6. The van der Waals surface area contributed by atoms with Crippen LogP contribution in [0.3, 0.4) is 0 Å². The third-order valence-electron chi connectivity index (χ3n) is 3.81. The molecule has 2 aromatic rings. The van der Waals surface area contributed by atoms with Gasteiger partial charge in [0.2, 0.25) is 0 Å². The van der Waals surface area contributed by atoms with Crippen LogP contribution in [-0.2, 0) is 4.79 Å². The molecular weight excluding hydrogens is 284 g/mol. The Bertz CT molecular complexity index is 618. The van der Waals surface area contributed by atoms with Crippen molar-refractivity contribution in [2.24, 2.45) is 0 Å². The molecule has 4 nitrogen and oxygen atoms in total. The molecule has 3 rings (SSSR count). The van der Waals surface area contributed by atoms with Crippen LogP contribution in [0.25, 0.3) is 5.69 Å². The van der Waals surface area contributed by atoms with E-state index in [0.717, 1.165) is 16.4 Å². The molecule has 1 aliphatic carbocycles. The average Bonchev–Trinajstić information content (AvgIpc) is 3.15. The van der Waals surface area contributed by atoms with Gasteiger partial charge < -0.3 is 5.11 Å². The molecule has 1 saturated carbocycles. The number of nitrogens with zero attached hydrogens (tertiary/aromatic N) is 2. The van der Waals surface area contributed by atoms with Crippen molar-refractivity contribution in [1.82, 2.24) is 9.78 Å². The number of para-hydroxylation sites is 1. The Kier molecular flexibility index (Phi) is 4.29. The number of hydrogen-bond acceptors (Lipinski definition) is 3. The fraction of sp³-hybridized carbons (Fsp3) is 0.375. The van der Waals surface area contributed by atoms with Gasteiger partial charge in [-0.2, -0.15) is 5.10 Å². The van der Waals surface area contributed by atoms with Gasteiger partial charge in [0.25, 0.3) is 0 Å². The van der Waals surface area contributed by atoms with Gasteiger partial charge in [0, 0.05) is 5.92 Å². The zero-order chi connectivity index (χ0) is 14.7. The highest BCUT2D eigenvalue weighted by atomic mass is 32.2. The number of carboxylic acid groups (broad SMARTS) is 1. The van der Waals surface area contributed by atoms with Crippen molar-refractivity contribution in [3.8, 4) is 5.69 Å². The first kappa shape index (κ1) is 14.2. The molecule has 21 heavy (non-hydrogen) atoms. The predicted molar refractivity (Wildman–Crippen MR) is 83.1 cm³/mol.